The molecule has 1 atom stereocenters. The Balaban J connectivity index is 1.44. The summed E-state index contributed by atoms with van der Waals surface area (Å²) in [6.45, 7) is 0.532. The Morgan fingerprint density at radius 3 is 2.76 bits per heavy atom. The zero-order valence-electron chi connectivity index (χ0n) is 17.3. The number of carbonyl (C=O) groups excluding carboxylic acids is 1. The zero-order chi connectivity index (χ0) is 20.4. The van der Waals surface area contributed by atoms with Gasteiger partial charge in [-0.15, -0.1) is 0 Å². The van der Waals surface area contributed by atoms with E-state index in [4.69, 9.17) is 9.15 Å². The van der Waals surface area contributed by atoms with Crippen LogP contribution in [-0.2, 0) is 24.1 Å². The lowest BCUT2D eigenvalue weighted by Gasteiger charge is -2.25. The normalized spacial score (nSPS) is 14.2. The van der Waals surface area contributed by atoms with Crippen LogP contribution in [0.3, 0.4) is 0 Å². The van der Waals surface area contributed by atoms with Crippen LogP contribution >= 0.6 is 0 Å². The first kappa shape index (κ1) is 19.5. The van der Waals surface area contributed by atoms with Crippen LogP contribution in [0.15, 0.2) is 47.1 Å². The van der Waals surface area contributed by atoms with Crippen LogP contribution in [0.5, 0.6) is 5.75 Å². The molecule has 5 heteroatoms. The maximum atomic E-state index is 12.7. The molecule has 0 bridgehead atoms. The SMILES string of the molecule is COc1cccc(C(CNC(=O)Cc2coc3cc4c(cc23)CCC4)N(C)C)c1. The summed E-state index contributed by atoms with van der Waals surface area (Å²) in [7, 11) is 5.69. The van der Waals surface area contributed by atoms with E-state index in [1.807, 2.05) is 32.3 Å². The molecule has 4 rings (SSSR count). The fourth-order valence-corrected chi connectivity index (χ4v) is 4.18. The number of amides is 1. The van der Waals surface area contributed by atoms with Gasteiger partial charge in [0.1, 0.15) is 11.3 Å². The molecule has 1 N–H and O–H groups in total. The Hall–Kier alpha value is -2.79. The number of hydrogen-bond acceptors (Lipinski definition) is 4. The third kappa shape index (κ3) is 4.15. The van der Waals surface area contributed by atoms with Crippen LogP contribution in [0, 0.1) is 0 Å². The van der Waals surface area contributed by atoms with Crippen molar-refractivity contribution >= 4 is 16.9 Å². The van der Waals surface area contributed by atoms with E-state index in [0.29, 0.717) is 13.0 Å². The van der Waals surface area contributed by atoms with Crippen LogP contribution < -0.4 is 10.1 Å². The van der Waals surface area contributed by atoms with Crippen LogP contribution in [-0.4, -0.2) is 38.6 Å². The zero-order valence-corrected chi connectivity index (χ0v) is 17.3. The Kier molecular flexibility index (Phi) is 5.58. The van der Waals surface area contributed by atoms with Gasteiger partial charge in [-0.05, 0) is 74.3 Å². The molecule has 29 heavy (non-hydrogen) atoms. The van der Waals surface area contributed by atoms with Gasteiger partial charge >= 0.3 is 0 Å². The van der Waals surface area contributed by atoms with Crippen molar-refractivity contribution in [3.05, 3.63) is 64.9 Å². The highest BCUT2D eigenvalue weighted by molar-refractivity contribution is 5.88. The van der Waals surface area contributed by atoms with Crippen molar-refractivity contribution in [2.24, 2.45) is 0 Å². The predicted molar refractivity (Wildman–Crippen MR) is 114 cm³/mol. The number of hydrogen-bond donors (Lipinski definition) is 1. The van der Waals surface area contributed by atoms with E-state index in [2.05, 4.69) is 28.4 Å². The average Bonchev–Trinajstić information content (AvgIpc) is 3.33. The molecule has 0 fully saturated rings. The Morgan fingerprint density at radius 2 is 2.00 bits per heavy atom. The number of fused-ring (bicyclic) bond motifs is 2. The molecule has 1 amide bonds. The highest BCUT2D eigenvalue weighted by Crippen LogP contribution is 2.30. The first-order chi connectivity index (χ1) is 14.0. The molecule has 3 aromatic rings. The topological polar surface area (TPSA) is 54.7 Å². The van der Waals surface area contributed by atoms with Crippen LogP contribution in [0.2, 0.25) is 0 Å². The van der Waals surface area contributed by atoms with Gasteiger partial charge in [0.2, 0.25) is 5.91 Å². The van der Waals surface area contributed by atoms with Gasteiger partial charge in [0, 0.05) is 17.5 Å². The maximum Gasteiger partial charge on any atom is 0.224 e. The molecule has 5 nitrogen and oxygen atoms in total. The molecule has 0 aliphatic heterocycles. The Labute approximate surface area is 171 Å². The monoisotopic (exact) mass is 392 g/mol. The number of carbonyl (C=O) groups is 1. The maximum absolute atomic E-state index is 12.7. The quantitative estimate of drug-likeness (QED) is 0.663. The Bertz CT molecular complexity index is 1020. The van der Waals surface area contributed by atoms with Crippen molar-refractivity contribution in [3.63, 3.8) is 0 Å². The molecule has 152 valence electrons. The largest absolute Gasteiger partial charge is 0.497 e. The molecular weight excluding hydrogens is 364 g/mol. The average molecular weight is 392 g/mol. The summed E-state index contributed by atoms with van der Waals surface area (Å²) in [5.41, 5.74) is 5.73. The second-order valence-electron chi connectivity index (χ2n) is 7.97. The molecule has 0 saturated heterocycles. The lowest BCUT2D eigenvalue weighted by molar-refractivity contribution is -0.120. The summed E-state index contributed by atoms with van der Waals surface area (Å²) in [6, 6.07) is 12.4. The van der Waals surface area contributed by atoms with Gasteiger partial charge < -0.3 is 19.4 Å². The molecule has 1 unspecified atom stereocenters. The van der Waals surface area contributed by atoms with Gasteiger partial charge in [-0.3, -0.25) is 4.79 Å². The molecule has 1 aromatic heterocycles. The summed E-state index contributed by atoms with van der Waals surface area (Å²) in [4.78, 5) is 14.8. The minimum Gasteiger partial charge on any atom is -0.497 e. The van der Waals surface area contributed by atoms with Crippen molar-refractivity contribution in [1.82, 2.24) is 10.2 Å². The van der Waals surface area contributed by atoms with E-state index in [1.165, 1.54) is 17.5 Å². The van der Waals surface area contributed by atoms with Gasteiger partial charge in [0.05, 0.1) is 25.8 Å². The molecule has 0 saturated carbocycles. The second-order valence-corrected chi connectivity index (χ2v) is 7.97. The molecule has 1 aliphatic rings. The number of benzene rings is 2. The number of rotatable bonds is 7. The summed E-state index contributed by atoms with van der Waals surface area (Å²) in [5.74, 6) is 0.820. The fourth-order valence-electron chi connectivity index (χ4n) is 4.18. The fraction of sp³-hybridized carbons (Fsp3) is 0.375. The first-order valence-electron chi connectivity index (χ1n) is 10.1. The van der Waals surface area contributed by atoms with Gasteiger partial charge in [0.15, 0.2) is 0 Å². The number of nitrogens with zero attached hydrogens (tertiary/aromatic N) is 1. The van der Waals surface area contributed by atoms with Gasteiger partial charge in [-0.25, -0.2) is 0 Å². The molecule has 0 radical (unpaired) electrons. The number of nitrogens with one attached hydrogen (secondary N) is 1. The van der Waals surface area contributed by atoms with Crippen LogP contribution in [0.25, 0.3) is 11.0 Å². The van der Waals surface area contributed by atoms with Crippen molar-refractivity contribution in [2.75, 3.05) is 27.7 Å². The van der Waals surface area contributed by atoms with E-state index >= 15 is 0 Å². The summed E-state index contributed by atoms with van der Waals surface area (Å²) in [5, 5.41) is 4.16. The molecule has 1 heterocycles. The van der Waals surface area contributed by atoms with Crippen molar-refractivity contribution in [2.45, 2.75) is 31.7 Å². The number of methoxy groups -OCH3 is 1. The van der Waals surface area contributed by atoms with E-state index in [-0.39, 0.29) is 11.9 Å². The summed E-state index contributed by atoms with van der Waals surface area (Å²) in [6.07, 6.45) is 5.49. The van der Waals surface area contributed by atoms with Crippen molar-refractivity contribution < 1.29 is 13.9 Å². The third-order valence-corrected chi connectivity index (χ3v) is 5.81. The van der Waals surface area contributed by atoms with E-state index in [1.54, 1.807) is 13.4 Å². The second kappa shape index (κ2) is 8.29. The van der Waals surface area contributed by atoms with Gasteiger partial charge in [0.25, 0.3) is 0 Å². The van der Waals surface area contributed by atoms with Gasteiger partial charge in [-0.2, -0.15) is 0 Å². The van der Waals surface area contributed by atoms with Crippen molar-refractivity contribution in [3.8, 4) is 5.75 Å². The molecule has 0 spiro atoms. The predicted octanol–water partition coefficient (Wildman–Crippen LogP) is 3.89. The standard InChI is InChI=1S/C24H28N2O3/c1-26(2)22(18-8-5-9-20(10-18)28-3)14-25-24(27)13-19-15-29-23-12-17-7-4-6-16(17)11-21(19)23/h5,8-12,15,22H,4,6-7,13-14H2,1-3H3,(H,25,27). The Morgan fingerprint density at radius 1 is 1.21 bits per heavy atom. The number of aryl methyl sites for hydroxylation is 2. The summed E-state index contributed by atoms with van der Waals surface area (Å²) >= 11 is 0. The van der Waals surface area contributed by atoms with Gasteiger partial charge in [-0.1, -0.05) is 12.1 Å². The highest BCUT2D eigenvalue weighted by Gasteiger charge is 2.19. The smallest absolute Gasteiger partial charge is 0.224 e. The number of likely N-dealkylation sites (N-methyl/N-ethyl adjacent to an activating group) is 1. The molecular formula is C24H28N2O3. The minimum absolute atomic E-state index is 0.00273. The lowest BCUT2D eigenvalue weighted by Crippen LogP contribution is -2.35. The minimum atomic E-state index is 0.00273. The summed E-state index contributed by atoms with van der Waals surface area (Å²) < 4.78 is 11.1. The van der Waals surface area contributed by atoms with Crippen LogP contribution in [0.4, 0.5) is 0 Å². The number of furan rings is 1. The van der Waals surface area contributed by atoms with E-state index < -0.39 is 0 Å². The molecule has 2 aromatic carbocycles. The van der Waals surface area contributed by atoms with Crippen LogP contribution in [0.1, 0.15) is 34.7 Å². The third-order valence-electron chi connectivity index (χ3n) is 5.81. The lowest BCUT2D eigenvalue weighted by atomic mass is 10.0. The van der Waals surface area contributed by atoms with E-state index in [0.717, 1.165) is 40.7 Å². The van der Waals surface area contributed by atoms with Crippen molar-refractivity contribution in [1.29, 1.82) is 0 Å². The van der Waals surface area contributed by atoms with E-state index in [9.17, 15) is 4.79 Å². The molecule has 1 aliphatic carbocycles. The number of ether oxygens (including phenoxy) is 1. The highest BCUT2D eigenvalue weighted by atomic mass is 16.5. The first-order valence-corrected chi connectivity index (χ1v) is 10.1.